The van der Waals surface area contributed by atoms with E-state index in [0.29, 0.717) is 11.4 Å². The van der Waals surface area contributed by atoms with Crippen LogP contribution < -0.4 is 15.4 Å². The first-order chi connectivity index (χ1) is 8.62. The van der Waals surface area contributed by atoms with Crippen LogP contribution >= 0.6 is 0 Å². The van der Waals surface area contributed by atoms with Crippen molar-refractivity contribution in [3.8, 4) is 5.75 Å². The maximum Gasteiger partial charge on any atom is 0.221 e. The van der Waals surface area contributed by atoms with Gasteiger partial charge >= 0.3 is 0 Å². The van der Waals surface area contributed by atoms with Crippen LogP contribution in [0.1, 0.15) is 12.5 Å². The molecule has 0 bridgehead atoms. The van der Waals surface area contributed by atoms with Crippen molar-refractivity contribution in [2.45, 2.75) is 6.92 Å². The Morgan fingerprint density at radius 3 is 2.67 bits per heavy atom. The highest BCUT2D eigenvalue weighted by atomic mass is 16.5. The molecule has 0 aliphatic rings. The van der Waals surface area contributed by atoms with Gasteiger partial charge in [-0.1, -0.05) is 0 Å². The minimum absolute atomic E-state index is 0.131. The van der Waals surface area contributed by atoms with Crippen LogP contribution in [0.5, 0.6) is 5.75 Å². The van der Waals surface area contributed by atoms with Crippen LogP contribution in [0.4, 0.5) is 5.69 Å². The van der Waals surface area contributed by atoms with Crippen molar-refractivity contribution in [2.75, 3.05) is 19.5 Å². The minimum Gasteiger partial charge on any atom is -0.496 e. The largest absolute Gasteiger partial charge is 0.496 e. The van der Waals surface area contributed by atoms with Crippen molar-refractivity contribution in [1.82, 2.24) is 5.32 Å². The van der Waals surface area contributed by atoms with Crippen molar-refractivity contribution >= 4 is 23.5 Å². The van der Waals surface area contributed by atoms with Crippen molar-refractivity contribution < 1.29 is 9.53 Å². The van der Waals surface area contributed by atoms with Gasteiger partial charge in [0.2, 0.25) is 5.91 Å². The lowest BCUT2D eigenvalue weighted by Crippen LogP contribution is -2.09. The van der Waals surface area contributed by atoms with E-state index < -0.39 is 0 Å². The monoisotopic (exact) mass is 247 g/mol. The number of amides is 1. The van der Waals surface area contributed by atoms with Gasteiger partial charge in [0.05, 0.1) is 7.11 Å². The zero-order chi connectivity index (χ0) is 13.5. The highest BCUT2D eigenvalue weighted by Gasteiger charge is 2.08. The fourth-order valence-electron chi connectivity index (χ4n) is 1.59. The molecule has 96 valence electrons. The standard InChI is InChI=1S/C13H17N3O2/c1-9(17)16-10-4-5-13(18-3)11(8-10)12(15-2)6-7-14/h4-8,14-15H,1-3H3,(H,16,17)/b12-6-,14-7?. The van der Waals surface area contributed by atoms with Crippen molar-refractivity contribution in [2.24, 2.45) is 0 Å². The molecule has 5 nitrogen and oxygen atoms in total. The van der Waals surface area contributed by atoms with Gasteiger partial charge in [0.1, 0.15) is 5.75 Å². The second kappa shape index (κ2) is 6.44. The first-order valence-electron chi connectivity index (χ1n) is 5.47. The normalized spacial score (nSPS) is 10.7. The number of methoxy groups -OCH3 is 1. The molecule has 0 aliphatic heterocycles. The Kier molecular flexibility index (Phi) is 4.92. The summed E-state index contributed by atoms with van der Waals surface area (Å²) in [5, 5.41) is 12.8. The number of anilines is 1. The van der Waals surface area contributed by atoms with Gasteiger partial charge in [-0.2, -0.15) is 0 Å². The molecule has 3 N–H and O–H groups in total. The number of hydrogen-bond donors (Lipinski definition) is 3. The van der Waals surface area contributed by atoms with Crippen LogP contribution in [-0.2, 0) is 4.79 Å². The quantitative estimate of drug-likeness (QED) is 0.695. The van der Waals surface area contributed by atoms with Gasteiger partial charge in [-0.05, 0) is 24.3 Å². The molecule has 0 aliphatic carbocycles. The number of carbonyl (C=O) groups is 1. The van der Waals surface area contributed by atoms with Crippen molar-refractivity contribution in [1.29, 1.82) is 5.41 Å². The summed E-state index contributed by atoms with van der Waals surface area (Å²) in [6.45, 7) is 1.45. The van der Waals surface area contributed by atoms with E-state index in [1.807, 2.05) is 0 Å². The Morgan fingerprint density at radius 2 is 2.17 bits per heavy atom. The molecule has 0 aromatic heterocycles. The Morgan fingerprint density at radius 1 is 1.44 bits per heavy atom. The molecule has 0 atom stereocenters. The Hall–Kier alpha value is -2.30. The predicted molar refractivity (Wildman–Crippen MR) is 73.1 cm³/mol. The van der Waals surface area contributed by atoms with Gasteiger partial charge in [0.15, 0.2) is 0 Å². The zero-order valence-electron chi connectivity index (χ0n) is 10.7. The maximum absolute atomic E-state index is 11.0. The lowest BCUT2D eigenvalue weighted by molar-refractivity contribution is -0.114. The van der Waals surface area contributed by atoms with E-state index >= 15 is 0 Å². The summed E-state index contributed by atoms with van der Waals surface area (Å²) in [6, 6.07) is 5.34. The van der Waals surface area contributed by atoms with Crippen LogP contribution in [0.25, 0.3) is 5.70 Å². The Bertz CT molecular complexity index is 481. The molecule has 1 amide bonds. The highest BCUT2D eigenvalue weighted by Crippen LogP contribution is 2.27. The van der Waals surface area contributed by atoms with Crippen LogP contribution in [0.2, 0.25) is 0 Å². The Balaban J connectivity index is 3.24. The maximum atomic E-state index is 11.0. The fraction of sp³-hybridized carbons (Fsp3) is 0.231. The van der Waals surface area contributed by atoms with E-state index in [4.69, 9.17) is 10.1 Å². The van der Waals surface area contributed by atoms with E-state index in [0.717, 1.165) is 11.3 Å². The second-order valence-corrected chi connectivity index (χ2v) is 3.59. The molecule has 0 radical (unpaired) electrons. The summed E-state index contributed by atoms with van der Waals surface area (Å²) in [6.07, 6.45) is 2.81. The third-order valence-electron chi connectivity index (χ3n) is 2.33. The SMILES string of the molecule is CN/C(=C\C=N)c1cc(NC(C)=O)ccc1OC. The van der Waals surface area contributed by atoms with Crippen molar-refractivity contribution in [3.05, 3.63) is 29.8 Å². The molecular weight excluding hydrogens is 230 g/mol. The molecule has 1 aromatic carbocycles. The molecule has 0 saturated carbocycles. The van der Waals surface area contributed by atoms with Crippen LogP contribution in [0.15, 0.2) is 24.3 Å². The molecular formula is C13H17N3O2. The second-order valence-electron chi connectivity index (χ2n) is 3.59. The molecule has 0 saturated heterocycles. The topological polar surface area (TPSA) is 74.2 Å². The molecule has 18 heavy (non-hydrogen) atoms. The smallest absolute Gasteiger partial charge is 0.221 e. The molecule has 0 fully saturated rings. The number of carbonyl (C=O) groups excluding carboxylic acids is 1. The summed E-state index contributed by atoms with van der Waals surface area (Å²) in [7, 11) is 3.34. The van der Waals surface area contributed by atoms with E-state index in [1.54, 1.807) is 38.4 Å². The van der Waals surface area contributed by atoms with E-state index in [1.165, 1.54) is 13.1 Å². The molecule has 0 unspecified atom stereocenters. The van der Waals surface area contributed by atoms with Crippen molar-refractivity contribution in [3.63, 3.8) is 0 Å². The van der Waals surface area contributed by atoms with Gasteiger partial charge in [-0.25, -0.2) is 0 Å². The minimum atomic E-state index is -0.131. The summed E-state index contributed by atoms with van der Waals surface area (Å²) in [5.74, 6) is 0.541. The van der Waals surface area contributed by atoms with Gasteiger partial charge in [-0.3, -0.25) is 4.79 Å². The van der Waals surface area contributed by atoms with Crippen LogP contribution in [0.3, 0.4) is 0 Å². The van der Waals surface area contributed by atoms with Gasteiger partial charge in [0.25, 0.3) is 0 Å². The summed E-state index contributed by atoms with van der Waals surface area (Å²) in [5.41, 5.74) is 2.22. The van der Waals surface area contributed by atoms with Crippen LogP contribution in [0, 0.1) is 5.41 Å². The number of nitrogens with one attached hydrogen (secondary N) is 3. The van der Waals surface area contributed by atoms with Gasteiger partial charge in [-0.15, -0.1) is 0 Å². The summed E-state index contributed by atoms with van der Waals surface area (Å²) < 4.78 is 5.27. The van der Waals surface area contributed by atoms with E-state index in [2.05, 4.69) is 10.6 Å². The molecule has 5 heteroatoms. The number of ether oxygens (including phenoxy) is 1. The number of allylic oxidation sites excluding steroid dienone is 1. The molecule has 0 spiro atoms. The van der Waals surface area contributed by atoms with E-state index in [-0.39, 0.29) is 5.91 Å². The summed E-state index contributed by atoms with van der Waals surface area (Å²) in [4.78, 5) is 11.0. The first kappa shape index (κ1) is 13.8. The summed E-state index contributed by atoms with van der Waals surface area (Å²) >= 11 is 0. The highest BCUT2D eigenvalue weighted by molar-refractivity contribution is 5.90. The van der Waals surface area contributed by atoms with Gasteiger partial charge in [0, 0.05) is 37.1 Å². The average Bonchev–Trinajstić information content (AvgIpc) is 2.35. The third-order valence-corrected chi connectivity index (χ3v) is 2.33. The average molecular weight is 247 g/mol. The Labute approximate surface area is 106 Å². The molecule has 1 aromatic rings. The first-order valence-corrected chi connectivity index (χ1v) is 5.47. The van der Waals surface area contributed by atoms with Crippen LogP contribution in [-0.4, -0.2) is 26.3 Å². The number of benzene rings is 1. The van der Waals surface area contributed by atoms with Gasteiger partial charge < -0.3 is 20.8 Å². The lowest BCUT2D eigenvalue weighted by Gasteiger charge is -2.13. The predicted octanol–water partition coefficient (Wildman–Crippen LogP) is 1.86. The zero-order valence-corrected chi connectivity index (χ0v) is 10.7. The molecule has 0 heterocycles. The van der Waals surface area contributed by atoms with E-state index in [9.17, 15) is 4.79 Å². The fourth-order valence-corrected chi connectivity index (χ4v) is 1.59. The number of hydrogen-bond acceptors (Lipinski definition) is 4. The molecule has 1 rings (SSSR count). The third kappa shape index (κ3) is 3.35. The lowest BCUT2D eigenvalue weighted by atomic mass is 10.1. The number of rotatable bonds is 5.